The van der Waals surface area contributed by atoms with Gasteiger partial charge in [-0.15, -0.1) is 0 Å². The van der Waals surface area contributed by atoms with Gasteiger partial charge in [-0.1, -0.05) is 24.3 Å². The Hall–Kier alpha value is -3.52. The van der Waals surface area contributed by atoms with Crippen molar-refractivity contribution in [2.45, 2.75) is 6.54 Å². The smallest absolute Gasteiger partial charge is 0.229 e. The first-order chi connectivity index (χ1) is 14.4. The van der Waals surface area contributed by atoms with Gasteiger partial charge in [0.15, 0.2) is 17.0 Å². The maximum absolute atomic E-state index is 5.48. The van der Waals surface area contributed by atoms with Crippen LogP contribution in [-0.4, -0.2) is 50.8 Å². The van der Waals surface area contributed by atoms with Crippen molar-refractivity contribution in [1.29, 1.82) is 0 Å². The molecule has 0 bridgehead atoms. The van der Waals surface area contributed by atoms with E-state index >= 15 is 0 Å². The van der Waals surface area contributed by atoms with Crippen molar-refractivity contribution >= 4 is 22.9 Å². The molecule has 8 heteroatoms. The van der Waals surface area contributed by atoms with E-state index in [1.807, 2.05) is 53.2 Å². The molecule has 1 N–H and O–H groups in total. The monoisotopic (exact) mass is 387 g/mol. The Bertz CT molecular complexity index is 1090. The van der Waals surface area contributed by atoms with Crippen LogP contribution in [0.1, 0.15) is 5.56 Å². The molecule has 5 rings (SSSR count). The molecular weight excluding hydrogens is 366 g/mol. The van der Waals surface area contributed by atoms with Crippen molar-refractivity contribution in [3.05, 3.63) is 66.7 Å². The zero-order valence-corrected chi connectivity index (χ0v) is 15.9. The van der Waals surface area contributed by atoms with E-state index in [4.69, 9.17) is 14.7 Å². The molecule has 8 nitrogen and oxygen atoms in total. The standard InChI is InChI=1S/C21H21N7O/c1-2-6-17(7-3-1)28-15-24-18-19(23-14-16-5-4-8-22-13-16)25-21(26-20(18)28)27-9-11-29-12-10-27/h1-8,13,15H,9-12,14H2,(H,23,25,26). The average Bonchev–Trinajstić information content (AvgIpc) is 3.23. The van der Waals surface area contributed by atoms with Crippen molar-refractivity contribution in [2.75, 3.05) is 36.5 Å². The molecule has 0 amide bonds. The molecule has 0 unspecified atom stereocenters. The fourth-order valence-electron chi connectivity index (χ4n) is 3.38. The van der Waals surface area contributed by atoms with Gasteiger partial charge in [-0.3, -0.25) is 9.55 Å². The first-order valence-electron chi connectivity index (χ1n) is 9.64. The molecule has 3 aromatic heterocycles. The Morgan fingerprint density at radius 3 is 2.66 bits per heavy atom. The van der Waals surface area contributed by atoms with Crippen molar-refractivity contribution in [3.8, 4) is 5.69 Å². The van der Waals surface area contributed by atoms with Crippen LogP contribution in [0.5, 0.6) is 0 Å². The number of pyridine rings is 1. The maximum atomic E-state index is 5.48. The maximum Gasteiger partial charge on any atom is 0.229 e. The molecule has 0 radical (unpaired) electrons. The molecule has 1 aliphatic rings. The Labute approximate surface area is 168 Å². The summed E-state index contributed by atoms with van der Waals surface area (Å²) in [4.78, 5) is 20.6. The summed E-state index contributed by atoms with van der Waals surface area (Å²) in [5.41, 5.74) is 3.62. The van der Waals surface area contributed by atoms with E-state index in [1.54, 1.807) is 12.5 Å². The predicted octanol–water partition coefficient (Wildman–Crippen LogP) is 2.66. The number of imidazole rings is 1. The van der Waals surface area contributed by atoms with Gasteiger partial charge in [-0.2, -0.15) is 9.97 Å². The molecule has 29 heavy (non-hydrogen) atoms. The molecular formula is C21H21N7O. The second-order valence-corrected chi connectivity index (χ2v) is 6.81. The van der Waals surface area contributed by atoms with Crippen molar-refractivity contribution < 1.29 is 4.74 Å². The summed E-state index contributed by atoms with van der Waals surface area (Å²) >= 11 is 0. The Morgan fingerprint density at radius 2 is 1.86 bits per heavy atom. The van der Waals surface area contributed by atoms with Crippen molar-refractivity contribution in [2.24, 2.45) is 0 Å². The zero-order valence-electron chi connectivity index (χ0n) is 15.9. The van der Waals surface area contributed by atoms with Crippen LogP contribution < -0.4 is 10.2 Å². The average molecular weight is 387 g/mol. The summed E-state index contributed by atoms with van der Waals surface area (Å²) in [5.74, 6) is 1.40. The van der Waals surface area contributed by atoms with Crippen LogP contribution in [-0.2, 0) is 11.3 Å². The third-order valence-electron chi connectivity index (χ3n) is 4.90. The Kier molecular flexibility index (Phi) is 4.75. The Morgan fingerprint density at radius 1 is 1.00 bits per heavy atom. The number of nitrogens with zero attached hydrogens (tertiary/aromatic N) is 6. The van der Waals surface area contributed by atoms with Crippen LogP contribution in [0.3, 0.4) is 0 Å². The lowest BCUT2D eigenvalue weighted by Gasteiger charge is -2.27. The molecule has 0 aliphatic carbocycles. The molecule has 146 valence electrons. The van der Waals surface area contributed by atoms with E-state index in [0.717, 1.165) is 41.3 Å². The minimum atomic E-state index is 0.612. The molecule has 1 fully saturated rings. The van der Waals surface area contributed by atoms with Gasteiger partial charge in [-0.05, 0) is 23.8 Å². The van der Waals surface area contributed by atoms with Crippen LogP contribution in [0.15, 0.2) is 61.2 Å². The normalized spacial score (nSPS) is 14.3. The number of nitrogens with one attached hydrogen (secondary N) is 1. The van der Waals surface area contributed by atoms with E-state index in [9.17, 15) is 0 Å². The number of hydrogen-bond donors (Lipinski definition) is 1. The summed E-state index contributed by atoms with van der Waals surface area (Å²) in [6, 6.07) is 14.1. The number of ether oxygens (including phenoxy) is 1. The SMILES string of the molecule is c1ccc(-n2cnc3c(NCc4cccnc4)nc(N4CCOCC4)nc32)cc1. The lowest BCUT2D eigenvalue weighted by atomic mass is 10.3. The van der Waals surface area contributed by atoms with Crippen LogP contribution in [0.4, 0.5) is 11.8 Å². The van der Waals surface area contributed by atoms with E-state index in [-0.39, 0.29) is 0 Å². The first-order valence-corrected chi connectivity index (χ1v) is 9.64. The number of rotatable bonds is 5. The molecule has 4 aromatic rings. The van der Waals surface area contributed by atoms with Gasteiger partial charge in [0.2, 0.25) is 5.95 Å². The predicted molar refractivity (Wildman–Crippen MR) is 111 cm³/mol. The summed E-state index contributed by atoms with van der Waals surface area (Å²) in [5, 5.41) is 3.42. The van der Waals surface area contributed by atoms with Crippen LogP contribution >= 0.6 is 0 Å². The summed E-state index contributed by atoms with van der Waals surface area (Å²) in [6.45, 7) is 3.51. The third-order valence-corrected chi connectivity index (χ3v) is 4.90. The molecule has 1 aliphatic heterocycles. The largest absolute Gasteiger partial charge is 0.378 e. The van der Waals surface area contributed by atoms with Crippen LogP contribution in [0.25, 0.3) is 16.9 Å². The number of benzene rings is 1. The number of anilines is 2. The van der Waals surface area contributed by atoms with Gasteiger partial charge in [0, 0.05) is 37.7 Å². The van der Waals surface area contributed by atoms with Gasteiger partial charge in [0.05, 0.1) is 13.2 Å². The summed E-state index contributed by atoms with van der Waals surface area (Å²) in [7, 11) is 0. The summed E-state index contributed by atoms with van der Waals surface area (Å²) in [6.07, 6.45) is 5.41. The Balaban J connectivity index is 1.57. The number of aromatic nitrogens is 5. The molecule has 1 aromatic carbocycles. The molecule has 0 atom stereocenters. The van der Waals surface area contributed by atoms with Gasteiger partial charge >= 0.3 is 0 Å². The van der Waals surface area contributed by atoms with Crippen molar-refractivity contribution in [3.63, 3.8) is 0 Å². The van der Waals surface area contributed by atoms with Crippen molar-refractivity contribution in [1.82, 2.24) is 24.5 Å². The minimum absolute atomic E-state index is 0.612. The third kappa shape index (κ3) is 3.62. The number of morpholine rings is 1. The number of hydrogen-bond acceptors (Lipinski definition) is 7. The lowest BCUT2D eigenvalue weighted by molar-refractivity contribution is 0.122. The van der Waals surface area contributed by atoms with Gasteiger partial charge in [-0.25, -0.2) is 4.98 Å². The van der Waals surface area contributed by atoms with Crippen LogP contribution in [0.2, 0.25) is 0 Å². The highest BCUT2D eigenvalue weighted by Gasteiger charge is 2.19. The van der Waals surface area contributed by atoms with Gasteiger partial charge in [0.25, 0.3) is 0 Å². The quantitative estimate of drug-likeness (QED) is 0.564. The first kappa shape index (κ1) is 17.6. The molecule has 4 heterocycles. The highest BCUT2D eigenvalue weighted by molar-refractivity contribution is 5.85. The number of fused-ring (bicyclic) bond motifs is 1. The van der Waals surface area contributed by atoms with Gasteiger partial charge < -0.3 is 15.0 Å². The molecule has 0 spiro atoms. The van der Waals surface area contributed by atoms with E-state index in [1.165, 1.54) is 0 Å². The van der Waals surface area contributed by atoms with Gasteiger partial charge in [0.1, 0.15) is 6.33 Å². The second kappa shape index (κ2) is 7.84. The lowest BCUT2D eigenvalue weighted by Crippen LogP contribution is -2.37. The van der Waals surface area contributed by atoms with E-state index < -0.39 is 0 Å². The topological polar surface area (TPSA) is 81.0 Å². The second-order valence-electron chi connectivity index (χ2n) is 6.81. The molecule has 0 saturated carbocycles. The van der Waals surface area contributed by atoms with E-state index in [2.05, 4.69) is 20.2 Å². The zero-order chi connectivity index (χ0) is 19.5. The fraction of sp³-hybridized carbons (Fsp3) is 0.238. The summed E-state index contributed by atoms with van der Waals surface area (Å²) < 4.78 is 7.48. The number of para-hydroxylation sites is 1. The minimum Gasteiger partial charge on any atom is -0.378 e. The highest BCUT2D eigenvalue weighted by Crippen LogP contribution is 2.25. The highest BCUT2D eigenvalue weighted by atomic mass is 16.5. The fourth-order valence-corrected chi connectivity index (χ4v) is 3.38. The van der Waals surface area contributed by atoms with E-state index in [0.29, 0.717) is 25.7 Å². The molecule has 1 saturated heterocycles. The van der Waals surface area contributed by atoms with Crippen LogP contribution in [0, 0.1) is 0 Å².